The number of amides is 1. The molecule has 1 saturated heterocycles. The van der Waals surface area contributed by atoms with Crippen LogP contribution in [0.5, 0.6) is 0 Å². The minimum absolute atomic E-state index is 0.0245. The summed E-state index contributed by atoms with van der Waals surface area (Å²) >= 11 is 0. The van der Waals surface area contributed by atoms with E-state index in [1.165, 1.54) is 0 Å². The van der Waals surface area contributed by atoms with Gasteiger partial charge in [0.15, 0.2) is 0 Å². The molecule has 0 bridgehead atoms. The molecule has 1 amide bonds. The van der Waals surface area contributed by atoms with Crippen LogP contribution in [0.15, 0.2) is 73.2 Å². The molecule has 1 aromatic carbocycles. The van der Waals surface area contributed by atoms with Gasteiger partial charge in [-0.2, -0.15) is 0 Å². The van der Waals surface area contributed by atoms with Gasteiger partial charge >= 0.3 is 0 Å². The number of hydrogen-bond donors (Lipinski definition) is 0. The van der Waals surface area contributed by atoms with E-state index in [9.17, 15) is 4.79 Å². The third-order valence-electron chi connectivity index (χ3n) is 5.13. The van der Waals surface area contributed by atoms with Crippen LogP contribution in [0.25, 0.3) is 16.6 Å². The van der Waals surface area contributed by atoms with Crippen molar-refractivity contribution in [2.75, 3.05) is 19.7 Å². The fraction of sp³-hybridized carbons (Fsp3) is 0.182. The Morgan fingerprint density at radius 1 is 1.00 bits per heavy atom. The van der Waals surface area contributed by atoms with Gasteiger partial charge in [-0.1, -0.05) is 41.6 Å². The van der Waals surface area contributed by atoms with Crippen LogP contribution in [0.1, 0.15) is 22.2 Å². The van der Waals surface area contributed by atoms with Gasteiger partial charge in [-0.25, -0.2) is 4.52 Å². The Kier molecular flexibility index (Phi) is 4.50. The number of benzene rings is 1. The van der Waals surface area contributed by atoms with Gasteiger partial charge < -0.3 is 9.64 Å². The minimum Gasteiger partial charge on any atom is -0.368 e. The maximum Gasteiger partial charge on any atom is 0.254 e. The molecule has 0 saturated carbocycles. The van der Waals surface area contributed by atoms with Crippen molar-refractivity contribution < 1.29 is 9.53 Å². The van der Waals surface area contributed by atoms with Crippen molar-refractivity contribution in [2.24, 2.45) is 0 Å². The molecule has 0 N–H and O–H groups in total. The Morgan fingerprint density at radius 3 is 2.66 bits per heavy atom. The first-order valence-corrected chi connectivity index (χ1v) is 9.51. The zero-order valence-corrected chi connectivity index (χ0v) is 15.7. The van der Waals surface area contributed by atoms with Crippen molar-refractivity contribution in [3.63, 3.8) is 0 Å². The summed E-state index contributed by atoms with van der Waals surface area (Å²) in [5.74, 6) is -0.0245. The maximum atomic E-state index is 12.8. The molecule has 0 unspecified atom stereocenters. The first-order valence-electron chi connectivity index (χ1n) is 9.51. The standard InChI is InChI=1S/C22H19N5O2/c28-22(17-8-10-23-11-9-17)26-12-13-29-20(15-26)21-19-7-6-18(14-27(19)25-24-21)16-4-2-1-3-5-16/h1-11,14,20H,12-13,15H2/t20-/m0/s1. The molecule has 4 aromatic rings. The van der Waals surface area contributed by atoms with Crippen molar-refractivity contribution >= 4 is 11.4 Å². The van der Waals surface area contributed by atoms with Gasteiger partial charge in [-0.3, -0.25) is 9.78 Å². The summed E-state index contributed by atoms with van der Waals surface area (Å²) in [6.07, 6.45) is 4.91. The van der Waals surface area contributed by atoms with Crippen molar-refractivity contribution in [2.45, 2.75) is 6.10 Å². The first kappa shape index (κ1) is 17.5. The molecule has 1 fully saturated rings. The summed E-state index contributed by atoms with van der Waals surface area (Å²) in [7, 11) is 0. The topological polar surface area (TPSA) is 72.6 Å². The molecule has 7 nitrogen and oxygen atoms in total. The number of aromatic nitrogens is 4. The van der Waals surface area contributed by atoms with Crippen molar-refractivity contribution in [1.29, 1.82) is 0 Å². The number of morpholine rings is 1. The van der Waals surface area contributed by atoms with E-state index in [0.29, 0.717) is 25.3 Å². The Balaban J connectivity index is 1.41. The fourth-order valence-electron chi connectivity index (χ4n) is 3.62. The third kappa shape index (κ3) is 3.36. The SMILES string of the molecule is O=C(c1ccncc1)N1CCO[C@H](c2nnn3cc(-c4ccccc4)ccc23)C1. The summed E-state index contributed by atoms with van der Waals surface area (Å²) in [5, 5.41) is 8.64. The summed E-state index contributed by atoms with van der Waals surface area (Å²) in [6, 6.07) is 17.7. The van der Waals surface area contributed by atoms with Crippen LogP contribution in [0.2, 0.25) is 0 Å². The highest BCUT2D eigenvalue weighted by Crippen LogP contribution is 2.27. The van der Waals surface area contributed by atoms with Crippen molar-refractivity contribution in [1.82, 2.24) is 24.7 Å². The predicted octanol–water partition coefficient (Wildman–Crippen LogP) is 3.01. The first-order chi connectivity index (χ1) is 14.3. The Labute approximate surface area is 167 Å². The molecule has 7 heteroatoms. The van der Waals surface area contributed by atoms with Gasteiger partial charge in [0.2, 0.25) is 0 Å². The van der Waals surface area contributed by atoms with Crippen LogP contribution >= 0.6 is 0 Å². The summed E-state index contributed by atoms with van der Waals surface area (Å²) < 4.78 is 7.71. The van der Waals surface area contributed by atoms with Gasteiger partial charge in [0.1, 0.15) is 11.8 Å². The van der Waals surface area contributed by atoms with Gasteiger partial charge in [-0.05, 0) is 23.8 Å². The summed E-state index contributed by atoms with van der Waals surface area (Å²) in [6.45, 7) is 1.45. The van der Waals surface area contributed by atoms with E-state index in [4.69, 9.17) is 4.74 Å². The molecule has 0 radical (unpaired) electrons. The molecule has 3 aromatic heterocycles. The number of hydrogen-bond acceptors (Lipinski definition) is 5. The average molecular weight is 385 g/mol. The molecule has 1 atom stereocenters. The molecule has 0 aliphatic carbocycles. The quantitative estimate of drug-likeness (QED) is 0.542. The highest BCUT2D eigenvalue weighted by molar-refractivity contribution is 5.94. The second-order valence-electron chi connectivity index (χ2n) is 6.93. The van der Waals surface area contributed by atoms with E-state index in [1.807, 2.05) is 30.5 Å². The lowest BCUT2D eigenvalue weighted by Gasteiger charge is -2.32. The molecular weight excluding hydrogens is 366 g/mol. The summed E-state index contributed by atoms with van der Waals surface area (Å²) in [4.78, 5) is 18.6. The highest BCUT2D eigenvalue weighted by Gasteiger charge is 2.29. The van der Waals surface area contributed by atoms with Crippen LogP contribution in [-0.4, -0.2) is 50.3 Å². The fourth-order valence-corrected chi connectivity index (χ4v) is 3.62. The Bertz CT molecular complexity index is 1140. The number of rotatable bonds is 3. The lowest BCUT2D eigenvalue weighted by atomic mass is 10.1. The monoisotopic (exact) mass is 385 g/mol. The molecule has 0 spiro atoms. The van der Waals surface area contributed by atoms with Crippen LogP contribution in [-0.2, 0) is 4.74 Å². The van der Waals surface area contributed by atoms with Crippen LogP contribution in [0.4, 0.5) is 0 Å². The Hall–Kier alpha value is -3.58. The van der Waals surface area contributed by atoms with Gasteiger partial charge in [0.25, 0.3) is 5.91 Å². The number of ether oxygens (including phenoxy) is 1. The molecule has 5 rings (SSSR count). The number of nitrogens with zero attached hydrogens (tertiary/aromatic N) is 5. The molecular formula is C22H19N5O2. The molecule has 144 valence electrons. The van der Waals surface area contributed by atoms with Gasteiger partial charge in [0, 0.05) is 36.3 Å². The van der Waals surface area contributed by atoms with E-state index < -0.39 is 0 Å². The maximum absolute atomic E-state index is 12.8. The molecule has 4 heterocycles. The second-order valence-corrected chi connectivity index (χ2v) is 6.93. The van der Waals surface area contributed by atoms with E-state index in [0.717, 1.165) is 22.3 Å². The van der Waals surface area contributed by atoms with E-state index >= 15 is 0 Å². The smallest absolute Gasteiger partial charge is 0.254 e. The largest absolute Gasteiger partial charge is 0.368 e. The zero-order chi connectivity index (χ0) is 19.6. The molecule has 29 heavy (non-hydrogen) atoms. The minimum atomic E-state index is -0.311. The third-order valence-corrected chi connectivity index (χ3v) is 5.13. The average Bonchev–Trinajstić information content (AvgIpc) is 3.23. The second kappa shape index (κ2) is 7.44. The van der Waals surface area contributed by atoms with Crippen molar-refractivity contribution in [3.05, 3.63) is 84.4 Å². The Morgan fingerprint density at radius 2 is 1.83 bits per heavy atom. The number of fused-ring (bicyclic) bond motifs is 1. The van der Waals surface area contributed by atoms with Crippen LogP contribution in [0, 0.1) is 0 Å². The highest BCUT2D eigenvalue weighted by atomic mass is 16.5. The molecule has 1 aliphatic heterocycles. The van der Waals surface area contributed by atoms with Gasteiger partial charge in [0.05, 0.1) is 18.7 Å². The van der Waals surface area contributed by atoms with Crippen LogP contribution in [0.3, 0.4) is 0 Å². The lowest BCUT2D eigenvalue weighted by Crippen LogP contribution is -2.42. The van der Waals surface area contributed by atoms with E-state index in [2.05, 4.69) is 33.5 Å². The zero-order valence-electron chi connectivity index (χ0n) is 15.7. The number of carbonyl (C=O) groups is 1. The number of carbonyl (C=O) groups excluding carboxylic acids is 1. The molecule has 1 aliphatic rings. The number of pyridine rings is 2. The van der Waals surface area contributed by atoms with E-state index in [1.54, 1.807) is 33.9 Å². The van der Waals surface area contributed by atoms with Crippen LogP contribution < -0.4 is 0 Å². The normalized spacial score (nSPS) is 16.8. The lowest BCUT2D eigenvalue weighted by molar-refractivity contribution is -0.0241. The van der Waals surface area contributed by atoms with Crippen molar-refractivity contribution in [3.8, 4) is 11.1 Å². The predicted molar refractivity (Wildman–Crippen MR) is 107 cm³/mol. The van der Waals surface area contributed by atoms with Gasteiger partial charge in [-0.15, -0.1) is 5.10 Å². The van der Waals surface area contributed by atoms with E-state index in [-0.39, 0.29) is 12.0 Å². The summed E-state index contributed by atoms with van der Waals surface area (Å²) in [5.41, 5.74) is 4.44.